The van der Waals surface area contributed by atoms with Crippen LogP contribution in [0.4, 0.5) is 10.1 Å². The smallest absolute Gasteiger partial charge is 0.244 e. The second-order valence-corrected chi connectivity index (χ2v) is 10.8. The van der Waals surface area contributed by atoms with Crippen molar-refractivity contribution < 1.29 is 22.4 Å². The van der Waals surface area contributed by atoms with E-state index in [4.69, 9.17) is 23.2 Å². The fourth-order valence-corrected chi connectivity index (χ4v) is 4.77. The molecular weight excluding hydrogens is 516 g/mol. The Morgan fingerprint density at radius 2 is 1.74 bits per heavy atom. The fourth-order valence-electron chi connectivity index (χ4n) is 3.48. The van der Waals surface area contributed by atoms with Crippen molar-refractivity contribution in [2.75, 3.05) is 23.7 Å². The molecule has 0 aliphatic heterocycles. The number of nitrogens with one attached hydrogen (secondary N) is 1. The summed E-state index contributed by atoms with van der Waals surface area (Å²) < 4.78 is 39.6. The van der Waals surface area contributed by atoms with E-state index < -0.39 is 34.3 Å². The standard InChI is InChI=1S/C24H30Cl2FN3O4S/c1-4-6-13-28-24(32)21(5-2)29(15-17-7-10-19(27)11-8-17)23(31)16-30(35(3,33)34)22-14-18(25)9-12-20(22)26/h7-12,14,21H,4-6,13,15-16H2,1-3H3,(H,28,32)/t21-/m0/s1. The molecule has 0 aromatic heterocycles. The number of carbonyl (C=O) groups excluding carboxylic acids is 2. The van der Waals surface area contributed by atoms with Gasteiger partial charge in [0, 0.05) is 18.1 Å². The number of carbonyl (C=O) groups is 2. The molecule has 2 amide bonds. The third-order valence-corrected chi connectivity index (χ3v) is 7.02. The lowest BCUT2D eigenvalue weighted by Gasteiger charge is -2.33. The first kappa shape index (κ1) is 28.9. The molecule has 2 rings (SSSR count). The van der Waals surface area contributed by atoms with Crippen molar-refractivity contribution in [3.63, 3.8) is 0 Å². The molecule has 0 radical (unpaired) electrons. The monoisotopic (exact) mass is 545 g/mol. The van der Waals surface area contributed by atoms with Gasteiger partial charge in [-0.2, -0.15) is 0 Å². The van der Waals surface area contributed by atoms with E-state index >= 15 is 0 Å². The van der Waals surface area contributed by atoms with E-state index in [-0.39, 0.29) is 28.2 Å². The number of benzene rings is 2. The highest BCUT2D eigenvalue weighted by molar-refractivity contribution is 7.92. The molecule has 0 heterocycles. The average Bonchev–Trinajstić information content (AvgIpc) is 2.79. The van der Waals surface area contributed by atoms with Crippen LogP contribution in [0.15, 0.2) is 42.5 Å². The maximum absolute atomic E-state index is 13.6. The minimum atomic E-state index is -3.94. The molecule has 0 saturated carbocycles. The van der Waals surface area contributed by atoms with Gasteiger partial charge in [-0.05, 0) is 48.7 Å². The molecule has 1 N–H and O–H groups in total. The molecule has 0 spiro atoms. The van der Waals surface area contributed by atoms with Gasteiger partial charge in [-0.3, -0.25) is 13.9 Å². The molecule has 2 aromatic rings. The molecule has 1 atom stereocenters. The summed E-state index contributed by atoms with van der Waals surface area (Å²) in [6.45, 7) is 3.60. The number of sulfonamides is 1. The molecule has 0 unspecified atom stereocenters. The van der Waals surface area contributed by atoms with E-state index in [0.717, 1.165) is 23.4 Å². The minimum absolute atomic E-state index is 0.0142. The SMILES string of the molecule is CCCCNC(=O)[C@H](CC)N(Cc1ccc(F)cc1)C(=O)CN(c1cc(Cl)ccc1Cl)S(C)(=O)=O. The van der Waals surface area contributed by atoms with Gasteiger partial charge in [0.15, 0.2) is 0 Å². The maximum atomic E-state index is 13.6. The first-order valence-corrected chi connectivity index (χ1v) is 13.8. The number of amides is 2. The van der Waals surface area contributed by atoms with Crippen LogP contribution in [0.5, 0.6) is 0 Å². The van der Waals surface area contributed by atoms with Crippen LogP contribution in [0.1, 0.15) is 38.7 Å². The molecule has 0 aliphatic rings. The summed E-state index contributed by atoms with van der Waals surface area (Å²) in [7, 11) is -3.94. The molecule has 192 valence electrons. The quantitative estimate of drug-likeness (QED) is 0.394. The van der Waals surface area contributed by atoms with Gasteiger partial charge >= 0.3 is 0 Å². The zero-order valence-electron chi connectivity index (χ0n) is 19.9. The third-order valence-electron chi connectivity index (χ3n) is 5.34. The molecule has 2 aromatic carbocycles. The second-order valence-electron chi connectivity index (χ2n) is 8.08. The fraction of sp³-hybridized carbons (Fsp3) is 0.417. The van der Waals surface area contributed by atoms with Gasteiger partial charge in [0.2, 0.25) is 21.8 Å². The van der Waals surface area contributed by atoms with Crippen molar-refractivity contribution in [3.05, 3.63) is 63.9 Å². The summed E-state index contributed by atoms with van der Waals surface area (Å²) in [6.07, 6.45) is 2.92. The highest BCUT2D eigenvalue weighted by Gasteiger charge is 2.32. The minimum Gasteiger partial charge on any atom is -0.354 e. The molecule has 35 heavy (non-hydrogen) atoms. The first-order valence-electron chi connectivity index (χ1n) is 11.2. The summed E-state index contributed by atoms with van der Waals surface area (Å²) in [5, 5.41) is 3.18. The van der Waals surface area contributed by atoms with Crippen LogP contribution in [0, 0.1) is 5.82 Å². The Morgan fingerprint density at radius 1 is 1.09 bits per heavy atom. The zero-order chi connectivity index (χ0) is 26.2. The van der Waals surface area contributed by atoms with Crippen LogP contribution in [0.25, 0.3) is 0 Å². The van der Waals surface area contributed by atoms with Gasteiger partial charge < -0.3 is 10.2 Å². The van der Waals surface area contributed by atoms with Gasteiger partial charge in [-0.25, -0.2) is 12.8 Å². The van der Waals surface area contributed by atoms with Gasteiger partial charge in [0.25, 0.3) is 0 Å². The van der Waals surface area contributed by atoms with Gasteiger partial charge in [0.1, 0.15) is 18.4 Å². The Hall–Kier alpha value is -2.36. The zero-order valence-corrected chi connectivity index (χ0v) is 22.3. The van der Waals surface area contributed by atoms with Gasteiger partial charge in [-0.15, -0.1) is 0 Å². The normalized spacial score (nSPS) is 12.2. The van der Waals surface area contributed by atoms with E-state index in [1.807, 2.05) is 6.92 Å². The first-order chi connectivity index (χ1) is 16.5. The van der Waals surface area contributed by atoms with Crippen molar-refractivity contribution in [2.24, 2.45) is 0 Å². The maximum Gasteiger partial charge on any atom is 0.244 e. The molecule has 0 saturated heterocycles. The summed E-state index contributed by atoms with van der Waals surface area (Å²) in [5.41, 5.74) is 0.642. The second kappa shape index (κ2) is 13.1. The van der Waals surface area contributed by atoms with Crippen LogP contribution >= 0.6 is 23.2 Å². The highest BCUT2D eigenvalue weighted by Crippen LogP contribution is 2.31. The highest BCUT2D eigenvalue weighted by atomic mass is 35.5. The summed E-state index contributed by atoms with van der Waals surface area (Å²) >= 11 is 12.3. The number of halogens is 3. The molecule has 7 nitrogen and oxygen atoms in total. The lowest BCUT2D eigenvalue weighted by molar-refractivity contribution is -0.140. The third kappa shape index (κ3) is 8.37. The summed E-state index contributed by atoms with van der Waals surface area (Å²) in [5.74, 6) is -1.40. The number of hydrogen-bond acceptors (Lipinski definition) is 4. The van der Waals surface area contributed by atoms with Crippen molar-refractivity contribution in [1.29, 1.82) is 0 Å². The Kier molecular flexibility index (Phi) is 10.8. The number of nitrogens with zero attached hydrogens (tertiary/aromatic N) is 2. The van der Waals surface area contributed by atoms with E-state index in [1.54, 1.807) is 6.92 Å². The van der Waals surface area contributed by atoms with E-state index in [2.05, 4.69) is 5.32 Å². The van der Waals surface area contributed by atoms with E-state index in [9.17, 15) is 22.4 Å². The molecule has 0 aliphatic carbocycles. The van der Waals surface area contributed by atoms with Crippen molar-refractivity contribution in [2.45, 2.75) is 45.7 Å². The predicted molar refractivity (Wildman–Crippen MR) is 138 cm³/mol. The van der Waals surface area contributed by atoms with Crippen molar-refractivity contribution in [1.82, 2.24) is 10.2 Å². The number of rotatable bonds is 12. The Balaban J connectivity index is 2.43. The van der Waals surface area contributed by atoms with Crippen molar-refractivity contribution >= 4 is 50.7 Å². The lowest BCUT2D eigenvalue weighted by Crippen LogP contribution is -2.52. The molecule has 0 bridgehead atoms. The summed E-state index contributed by atoms with van der Waals surface area (Å²) in [6, 6.07) is 8.99. The lowest BCUT2D eigenvalue weighted by atomic mass is 10.1. The van der Waals surface area contributed by atoms with Crippen LogP contribution in [-0.4, -0.2) is 50.5 Å². The largest absolute Gasteiger partial charge is 0.354 e. The number of anilines is 1. The Bertz CT molecular complexity index is 1130. The summed E-state index contributed by atoms with van der Waals surface area (Å²) in [4.78, 5) is 27.8. The average molecular weight is 546 g/mol. The van der Waals surface area contributed by atoms with Crippen LogP contribution in [0.2, 0.25) is 10.0 Å². The van der Waals surface area contributed by atoms with Crippen molar-refractivity contribution in [3.8, 4) is 0 Å². The molecular formula is C24H30Cl2FN3O4S. The van der Waals surface area contributed by atoms with Crippen LogP contribution in [-0.2, 0) is 26.2 Å². The molecule has 0 fully saturated rings. The van der Waals surface area contributed by atoms with Gasteiger partial charge in [-0.1, -0.05) is 55.6 Å². The van der Waals surface area contributed by atoms with Crippen LogP contribution < -0.4 is 9.62 Å². The van der Waals surface area contributed by atoms with Gasteiger partial charge in [0.05, 0.1) is 17.0 Å². The van der Waals surface area contributed by atoms with E-state index in [1.165, 1.54) is 47.4 Å². The number of hydrogen-bond donors (Lipinski definition) is 1. The molecule has 11 heteroatoms. The predicted octanol–water partition coefficient (Wildman–Crippen LogP) is 4.62. The number of unbranched alkanes of at least 4 members (excludes halogenated alkanes) is 1. The van der Waals surface area contributed by atoms with Crippen LogP contribution in [0.3, 0.4) is 0 Å². The Labute approximate surface area is 216 Å². The topological polar surface area (TPSA) is 86.8 Å². The Morgan fingerprint density at radius 3 is 2.31 bits per heavy atom. The van der Waals surface area contributed by atoms with E-state index in [0.29, 0.717) is 18.5 Å².